The first-order chi connectivity index (χ1) is 19.7. The van der Waals surface area contributed by atoms with Crippen LogP contribution >= 0.6 is 0 Å². The Balaban J connectivity index is 1.59. The Hall–Kier alpha value is -3.32. The topological polar surface area (TPSA) is 117 Å². The third-order valence-electron chi connectivity index (χ3n) is 6.76. The van der Waals surface area contributed by atoms with E-state index in [0.29, 0.717) is 25.9 Å². The number of unbranched alkanes of at least 4 members (excludes halogenated alkanes) is 1. The average molecular weight is 598 g/mol. The molecule has 0 aliphatic carbocycles. The molecule has 1 aliphatic heterocycles. The van der Waals surface area contributed by atoms with E-state index in [1.165, 1.54) is 5.56 Å². The zero-order chi connectivity index (χ0) is 30.9. The van der Waals surface area contributed by atoms with Gasteiger partial charge in [0.2, 0.25) is 0 Å². The van der Waals surface area contributed by atoms with E-state index >= 15 is 0 Å². The second kappa shape index (κ2) is 14.7. The smallest absolute Gasteiger partial charge is 0.418 e. The predicted octanol–water partition coefficient (Wildman–Crippen LogP) is 4.71. The molecule has 2 aromatic rings. The minimum Gasteiger partial charge on any atom is -0.480 e. The summed E-state index contributed by atoms with van der Waals surface area (Å²) in [5.74, 6) is -3.07. The molecule has 13 heteroatoms. The number of rotatable bonds is 14. The summed E-state index contributed by atoms with van der Waals surface area (Å²) in [6, 6.07) is 2.83. The molecule has 0 fully saturated rings. The van der Waals surface area contributed by atoms with Crippen LogP contribution in [0.3, 0.4) is 0 Å². The number of nitrogens with one attached hydrogen (secondary N) is 2. The van der Waals surface area contributed by atoms with Crippen molar-refractivity contribution in [2.45, 2.75) is 77.1 Å². The average Bonchev–Trinajstić information content (AvgIpc) is 2.91. The van der Waals surface area contributed by atoms with Gasteiger partial charge < -0.3 is 25.4 Å². The number of alkyl halides is 3. The van der Waals surface area contributed by atoms with Crippen LogP contribution in [0.1, 0.15) is 73.8 Å². The van der Waals surface area contributed by atoms with E-state index < -0.39 is 41.2 Å². The maximum Gasteiger partial charge on any atom is 0.418 e. The quantitative estimate of drug-likeness (QED) is 0.212. The largest absolute Gasteiger partial charge is 0.480 e. The molecule has 232 valence electrons. The lowest BCUT2D eigenvalue weighted by molar-refractivity contribution is -0.139. The molecule has 1 unspecified atom stereocenters. The zero-order valence-electron chi connectivity index (χ0n) is 24.2. The molecule has 0 aromatic carbocycles. The number of hydrogen-bond acceptors (Lipinski definition) is 7. The maximum atomic E-state index is 13.4. The third kappa shape index (κ3) is 10.5. The molecule has 0 saturated heterocycles. The summed E-state index contributed by atoms with van der Waals surface area (Å²) in [7, 11) is 0. The highest BCUT2D eigenvalue weighted by atomic mass is 19.4. The van der Waals surface area contributed by atoms with Crippen molar-refractivity contribution in [1.29, 1.82) is 0 Å². The summed E-state index contributed by atoms with van der Waals surface area (Å²) in [6.07, 6.45) is -0.116. The molecule has 42 heavy (non-hydrogen) atoms. The Morgan fingerprint density at radius 1 is 1.17 bits per heavy atom. The Bertz CT molecular complexity index is 1220. The number of carbonyl (C=O) groups excluding carboxylic acids is 1. The van der Waals surface area contributed by atoms with Gasteiger partial charge in [0.15, 0.2) is 0 Å². The number of fused-ring (bicyclic) bond motifs is 1. The van der Waals surface area contributed by atoms with Crippen LogP contribution in [0.25, 0.3) is 0 Å². The predicted molar refractivity (Wildman–Crippen MR) is 149 cm³/mol. The number of hydrogen-bond donors (Lipinski definition) is 3. The Kier molecular flexibility index (Phi) is 11.6. The standard InChI is InChI=1S/C29H39F4N5O4/c1-28(2,3)42-16-15-38(13-5-4-8-21-10-9-19-7-6-12-34-25(19)36-21)14-11-23(27(40)41)37-26(39)24-22(29(31,32)33)17-20(30)18-35-24/h9-10,17-18,23H,4-8,11-16H2,1-3H3,(H,34,36)(H,37,39)(H,40,41). The van der Waals surface area contributed by atoms with Crippen LogP contribution < -0.4 is 10.6 Å². The number of carbonyl (C=O) groups is 2. The minimum absolute atomic E-state index is 0.0722. The van der Waals surface area contributed by atoms with Gasteiger partial charge in [0, 0.05) is 25.3 Å². The Morgan fingerprint density at radius 3 is 2.62 bits per heavy atom. The number of aryl methyl sites for hydroxylation is 2. The molecule has 0 radical (unpaired) electrons. The summed E-state index contributed by atoms with van der Waals surface area (Å²) in [6.45, 7) is 8.43. The molecule has 9 nitrogen and oxygen atoms in total. The Morgan fingerprint density at radius 2 is 1.93 bits per heavy atom. The van der Waals surface area contributed by atoms with Gasteiger partial charge >= 0.3 is 12.1 Å². The molecular formula is C29H39F4N5O4. The van der Waals surface area contributed by atoms with Crippen molar-refractivity contribution < 1.29 is 37.0 Å². The summed E-state index contributed by atoms with van der Waals surface area (Å²) < 4.78 is 59.3. The van der Waals surface area contributed by atoms with Gasteiger partial charge in [0.25, 0.3) is 5.91 Å². The normalized spacial score (nSPS) is 14.3. The van der Waals surface area contributed by atoms with Crippen LogP contribution in [0.5, 0.6) is 0 Å². The zero-order valence-corrected chi connectivity index (χ0v) is 24.2. The molecule has 1 atom stereocenters. The highest BCUT2D eigenvalue weighted by molar-refractivity contribution is 5.96. The van der Waals surface area contributed by atoms with Gasteiger partial charge in [-0.2, -0.15) is 13.2 Å². The summed E-state index contributed by atoms with van der Waals surface area (Å²) in [5.41, 5.74) is -0.814. The second-order valence-corrected chi connectivity index (χ2v) is 11.3. The number of nitrogens with zero attached hydrogens (tertiary/aromatic N) is 3. The van der Waals surface area contributed by atoms with Crippen LogP contribution in [0.15, 0.2) is 24.4 Å². The van der Waals surface area contributed by atoms with Crippen molar-refractivity contribution in [2.24, 2.45) is 0 Å². The Labute approximate surface area is 243 Å². The summed E-state index contributed by atoms with van der Waals surface area (Å²) >= 11 is 0. The van der Waals surface area contributed by atoms with Crippen LogP contribution in [0, 0.1) is 5.82 Å². The molecule has 0 bridgehead atoms. The van der Waals surface area contributed by atoms with Crippen molar-refractivity contribution in [3.05, 3.63) is 52.7 Å². The summed E-state index contributed by atoms with van der Waals surface area (Å²) in [5, 5.41) is 15.1. The van der Waals surface area contributed by atoms with Gasteiger partial charge in [-0.25, -0.2) is 19.2 Å². The molecule has 3 heterocycles. The number of carboxylic acids is 1. The van der Waals surface area contributed by atoms with E-state index in [4.69, 9.17) is 9.72 Å². The van der Waals surface area contributed by atoms with Crippen molar-refractivity contribution in [1.82, 2.24) is 20.2 Å². The van der Waals surface area contributed by atoms with Crippen LogP contribution in [-0.2, 0) is 28.5 Å². The fourth-order valence-corrected chi connectivity index (χ4v) is 4.60. The highest BCUT2D eigenvalue weighted by Crippen LogP contribution is 2.31. The van der Waals surface area contributed by atoms with Crippen molar-refractivity contribution in [3.63, 3.8) is 0 Å². The number of anilines is 1. The number of aliphatic carboxylic acids is 1. The van der Waals surface area contributed by atoms with Gasteiger partial charge in [0.05, 0.1) is 24.0 Å². The van der Waals surface area contributed by atoms with Crippen LogP contribution in [-0.4, -0.2) is 76.3 Å². The lowest BCUT2D eigenvalue weighted by Gasteiger charge is -2.27. The molecule has 0 spiro atoms. The highest BCUT2D eigenvalue weighted by Gasteiger charge is 2.37. The third-order valence-corrected chi connectivity index (χ3v) is 6.76. The van der Waals surface area contributed by atoms with Gasteiger partial charge in [-0.05, 0) is 83.5 Å². The first-order valence-corrected chi connectivity index (χ1v) is 14.1. The van der Waals surface area contributed by atoms with Gasteiger partial charge in [-0.15, -0.1) is 0 Å². The molecular weight excluding hydrogens is 558 g/mol. The van der Waals surface area contributed by atoms with Gasteiger partial charge in [-0.1, -0.05) is 6.07 Å². The van der Waals surface area contributed by atoms with Gasteiger partial charge in [-0.3, -0.25) is 4.79 Å². The second-order valence-electron chi connectivity index (χ2n) is 11.3. The fraction of sp³-hybridized carbons (Fsp3) is 0.586. The number of halogens is 4. The van der Waals surface area contributed by atoms with E-state index in [2.05, 4.69) is 21.7 Å². The van der Waals surface area contributed by atoms with E-state index in [1.807, 2.05) is 31.7 Å². The maximum absolute atomic E-state index is 13.4. The first kappa shape index (κ1) is 33.2. The molecule has 2 aromatic heterocycles. The van der Waals surface area contributed by atoms with E-state index in [9.17, 15) is 32.3 Å². The number of pyridine rings is 2. The van der Waals surface area contributed by atoms with E-state index in [1.54, 1.807) is 0 Å². The summed E-state index contributed by atoms with van der Waals surface area (Å²) in [4.78, 5) is 34.5. The molecule has 3 N–H and O–H groups in total. The van der Waals surface area contributed by atoms with Crippen molar-refractivity contribution >= 4 is 17.7 Å². The van der Waals surface area contributed by atoms with Gasteiger partial charge in [0.1, 0.15) is 23.4 Å². The van der Waals surface area contributed by atoms with Crippen molar-refractivity contribution in [3.8, 4) is 0 Å². The van der Waals surface area contributed by atoms with Crippen molar-refractivity contribution in [2.75, 3.05) is 38.1 Å². The number of amides is 1. The van der Waals surface area contributed by atoms with Crippen LogP contribution in [0.4, 0.5) is 23.4 Å². The molecule has 1 amide bonds. The lowest BCUT2D eigenvalue weighted by Crippen LogP contribution is -2.44. The number of carboxylic acid groups (broad SMARTS) is 1. The monoisotopic (exact) mass is 597 g/mol. The SMILES string of the molecule is CC(C)(C)OCCN(CCCCc1ccc2c(n1)NCCC2)CCC(NC(=O)c1ncc(F)cc1C(F)(F)F)C(=O)O. The lowest BCUT2D eigenvalue weighted by atomic mass is 10.1. The molecule has 3 rings (SSSR count). The van der Waals surface area contributed by atoms with E-state index in [0.717, 1.165) is 50.2 Å². The van der Waals surface area contributed by atoms with E-state index in [-0.39, 0.29) is 24.6 Å². The number of ether oxygens (including phenoxy) is 1. The fourth-order valence-electron chi connectivity index (χ4n) is 4.60. The van der Waals surface area contributed by atoms with Crippen LogP contribution in [0.2, 0.25) is 0 Å². The molecule has 1 aliphatic rings. The molecule has 0 saturated carbocycles. The first-order valence-electron chi connectivity index (χ1n) is 14.1. The number of aromatic nitrogens is 2. The minimum atomic E-state index is -5.05.